The quantitative estimate of drug-likeness (QED) is 0.649. The fourth-order valence-corrected chi connectivity index (χ4v) is 4.32. The summed E-state index contributed by atoms with van der Waals surface area (Å²) in [7, 11) is 1.25. The first-order valence-corrected chi connectivity index (χ1v) is 9.66. The number of benzene rings is 1. The number of carbonyl (C=O) groups is 1. The van der Waals surface area contributed by atoms with Gasteiger partial charge in [0.25, 0.3) is 0 Å². The predicted octanol–water partition coefficient (Wildman–Crippen LogP) is 5.61. The fourth-order valence-electron chi connectivity index (χ4n) is 4.32. The van der Waals surface area contributed by atoms with Crippen molar-refractivity contribution in [2.24, 2.45) is 5.41 Å². The van der Waals surface area contributed by atoms with Gasteiger partial charge in [-0.2, -0.15) is 13.2 Å². The van der Waals surface area contributed by atoms with Gasteiger partial charge < -0.3 is 14.4 Å². The summed E-state index contributed by atoms with van der Waals surface area (Å²) < 4.78 is 50.1. The van der Waals surface area contributed by atoms with Crippen LogP contribution in [0.3, 0.4) is 0 Å². The highest BCUT2D eigenvalue weighted by atomic mass is 19.4. The number of rotatable bonds is 2. The van der Waals surface area contributed by atoms with E-state index in [-0.39, 0.29) is 23.2 Å². The topological polar surface area (TPSA) is 38.8 Å². The van der Waals surface area contributed by atoms with E-state index < -0.39 is 17.3 Å². The minimum absolute atomic E-state index is 0.125. The second-order valence-electron chi connectivity index (χ2n) is 9.03. The molecule has 156 valence electrons. The average molecular weight is 399 g/mol. The molecule has 1 amide bonds. The number of nitrogens with zero attached hydrogens (tertiary/aromatic N) is 1. The third-order valence-electron chi connectivity index (χ3n) is 5.83. The van der Waals surface area contributed by atoms with E-state index in [2.05, 4.69) is 0 Å². The molecular weight excluding hydrogens is 371 g/mol. The molecule has 0 bridgehead atoms. The van der Waals surface area contributed by atoms with E-state index in [9.17, 15) is 18.0 Å². The van der Waals surface area contributed by atoms with Crippen LogP contribution in [0.4, 0.5) is 18.0 Å². The Kier molecular flexibility index (Phi) is 5.32. The maximum absolute atomic E-state index is 13.3. The van der Waals surface area contributed by atoms with Crippen LogP contribution in [0.15, 0.2) is 18.2 Å². The number of halogens is 3. The third-order valence-corrected chi connectivity index (χ3v) is 5.83. The van der Waals surface area contributed by atoms with Crippen molar-refractivity contribution in [1.29, 1.82) is 0 Å². The summed E-state index contributed by atoms with van der Waals surface area (Å²) in [5.41, 5.74) is -0.388. The molecule has 1 aliphatic heterocycles. The number of piperidine rings is 1. The van der Waals surface area contributed by atoms with Crippen LogP contribution in [0.5, 0.6) is 5.75 Å². The van der Waals surface area contributed by atoms with E-state index in [1.807, 2.05) is 20.8 Å². The zero-order valence-corrected chi connectivity index (χ0v) is 16.9. The Morgan fingerprint density at radius 1 is 1.14 bits per heavy atom. The number of carbonyl (C=O) groups excluding carboxylic acids is 1. The van der Waals surface area contributed by atoms with Gasteiger partial charge in [-0.25, -0.2) is 4.79 Å². The summed E-state index contributed by atoms with van der Waals surface area (Å²) in [6, 6.07) is 4.38. The van der Waals surface area contributed by atoms with Crippen molar-refractivity contribution in [1.82, 2.24) is 4.90 Å². The highest BCUT2D eigenvalue weighted by Gasteiger charge is 2.47. The van der Waals surface area contributed by atoms with Crippen molar-refractivity contribution in [3.63, 3.8) is 0 Å². The molecule has 1 spiro atoms. The van der Waals surface area contributed by atoms with Gasteiger partial charge in [-0.05, 0) is 75.5 Å². The van der Waals surface area contributed by atoms with E-state index in [1.165, 1.54) is 19.2 Å². The molecule has 1 aromatic rings. The lowest BCUT2D eigenvalue weighted by Crippen LogP contribution is -2.49. The molecule has 1 heterocycles. The van der Waals surface area contributed by atoms with E-state index in [1.54, 1.807) is 11.0 Å². The summed E-state index contributed by atoms with van der Waals surface area (Å²) in [5, 5.41) is 0. The van der Waals surface area contributed by atoms with Crippen molar-refractivity contribution < 1.29 is 27.4 Å². The zero-order chi connectivity index (χ0) is 20.7. The van der Waals surface area contributed by atoms with Crippen LogP contribution in [-0.2, 0) is 10.9 Å². The zero-order valence-electron chi connectivity index (χ0n) is 16.9. The summed E-state index contributed by atoms with van der Waals surface area (Å²) in [6.07, 6.45) is -1.27. The molecular formula is C21H28F3NO3. The maximum atomic E-state index is 13.3. The Bertz CT molecular complexity index is 723. The van der Waals surface area contributed by atoms with Crippen molar-refractivity contribution in [2.75, 3.05) is 20.2 Å². The van der Waals surface area contributed by atoms with E-state index in [0.717, 1.165) is 25.7 Å². The lowest BCUT2D eigenvalue weighted by atomic mass is 9.56. The largest absolute Gasteiger partial charge is 0.496 e. The Morgan fingerprint density at radius 2 is 1.75 bits per heavy atom. The number of amides is 1. The SMILES string of the molecule is COc1ccc(C2CC3(CCN(C(=O)OC(C)(C)C)CC3)C2)cc1C(F)(F)F. The number of hydrogen-bond donors (Lipinski definition) is 0. The predicted molar refractivity (Wildman–Crippen MR) is 99.4 cm³/mol. The third kappa shape index (κ3) is 4.39. The van der Waals surface area contributed by atoms with Crippen LogP contribution >= 0.6 is 0 Å². The van der Waals surface area contributed by atoms with E-state index in [4.69, 9.17) is 9.47 Å². The fraction of sp³-hybridized carbons (Fsp3) is 0.667. The Hall–Kier alpha value is -1.92. The highest BCUT2D eigenvalue weighted by Crippen LogP contribution is 2.57. The lowest BCUT2D eigenvalue weighted by Gasteiger charge is -2.52. The molecule has 0 atom stereocenters. The van der Waals surface area contributed by atoms with Gasteiger partial charge in [-0.1, -0.05) is 6.07 Å². The molecule has 1 saturated heterocycles. The second kappa shape index (κ2) is 7.16. The monoisotopic (exact) mass is 399 g/mol. The van der Waals surface area contributed by atoms with Crippen LogP contribution in [0, 0.1) is 5.41 Å². The van der Waals surface area contributed by atoms with Crippen LogP contribution in [0.2, 0.25) is 0 Å². The first-order chi connectivity index (χ1) is 12.9. The van der Waals surface area contributed by atoms with Crippen LogP contribution < -0.4 is 4.74 Å². The summed E-state index contributed by atoms with van der Waals surface area (Å²) in [6.45, 7) is 6.81. The molecule has 4 nitrogen and oxygen atoms in total. The Labute approximate surface area is 164 Å². The first-order valence-electron chi connectivity index (χ1n) is 9.66. The summed E-state index contributed by atoms with van der Waals surface area (Å²) in [5.74, 6) is -0.0176. The number of alkyl halides is 3. The normalized spacial score (nSPS) is 20.0. The molecule has 2 aliphatic rings. The lowest BCUT2D eigenvalue weighted by molar-refractivity contribution is -0.138. The van der Waals surface area contributed by atoms with Crippen LogP contribution in [0.25, 0.3) is 0 Å². The maximum Gasteiger partial charge on any atom is 0.419 e. The second-order valence-corrected chi connectivity index (χ2v) is 9.03. The molecule has 2 fully saturated rings. The first kappa shape index (κ1) is 20.8. The molecule has 28 heavy (non-hydrogen) atoms. The molecule has 3 rings (SSSR count). The number of likely N-dealkylation sites (tertiary alicyclic amines) is 1. The van der Waals surface area contributed by atoms with Gasteiger partial charge in [0.05, 0.1) is 12.7 Å². The van der Waals surface area contributed by atoms with Gasteiger partial charge in [-0.3, -0.25) is 0 Å². The van der Waals surface area contributed by atoms with Gasteiger partial charge in [0.15, 0.2) is 0 Å². The number of hydrogen-bond acceptors (Lipinski definition) is 3. The van der Waals surface area contributed by atoms with Gasteiger partial charge in [0.2, 0.25) is 0 Å². The van der Waals surface area contributed by atoms with Crippen molar-refractivity contribution in [3.8, 4) is 5.75 Å². The van der Waals surface area contributed by atoms with Crippen LogP contribution in [-0.4, -0.2) is 36.8 Å². The molecule has 7 heteroatoms. The van der Waals surface area contributed by atoms with E-state index in [0.29, 0.717) is 18.7 Å². The summed E-state index contributed by atoms with van der Waals surface area (Å²) in [4.78, 5) is 13.9. The minimum atomic E-state index is -4.43. The van der Waals surface area contributed by atoms with Gasteiger partial charge in [0.1, 0.15) is 11.4 Å². The average Bonchev–Trinajstić information content (AvgIpc) is 2.57. The van der Waals surface area contributed by atoms with E-state index >= 15 is 0 Å². The Morgan fingerprint density at radius 3 is 2.25 bits per heavy atom. The van der Waals surface area contributed by atoms with Gasteiger partial charge >= 0.3 is 12.3 Å². The van der Waals surface area contributed by atoms with Crippen molar-refractivity contribution >= 4 is 6.09 Å². The van der Waals surface area contributed by atoms with Gasteiger partial charge in [-0.15, -0.1) is 0 Å². The smallest absolute Gasteiger partial charge is 0.419 e. The van der Waals surface area contributed by atoms with Crippen molar-refractivity contribution in [3.05, 3.63) is 29.3 Å². The molecule has 1 aromatic carbocycles. The minimum Gasteiger partial charge on any atom is -0.496 e. The number of ether oxygens (including phenoxy) is 2. The molecule has 0 N–H and O–H groups in total. The highest BCUT2D eigenvalue weighted by molar-refractivity contribution is 5.68. The summed E-state index contributed by atoms with van der Waals surface area (Å²) >= 11 is 0. The molecule has 0 unspecified atom stereocenters. The van der Waals surface area contributed by atoms with Crippen LogP contribution in [0.1, 0.15) is 63.5 Å². The number of methoxy groups -OCH3 is 1. The molecule has 0 radical (unpaired) electrons. The standard InChI is InChI=1S/C21H28F3NO3/c1-19(2,3)28-18(26)25-9-7-20(8-10-25)12-15(13-20)14-5-6-17(27-4)16(11-14)21(22,23)24/h5-6,11,15H,7-10,12-13H2,1-4H3. The molecule has 1 aliphatic carbocycles. The van der Waals surface area contributed by atoms with Gasteiger partial charge in [0, 0.05) is 13.1 Å². The molecule has 0 aromatic heterocycles. The van der Waals surface area contributed by atoms with Crippen molar-refractivity contribution in [2.45, 2.75) is 64.1 Å². The Balaban J connectivity index is 1.60. The molecule has 1 saturated carbocycles.